The monoisotopic (exact) mass is 407 g/mol. The van der Waals surface area contributed by atoms with E-state index in [1.54, 1.807) is 17.1 Å². The Kier molecular flexibility index (Phi) is 5.04. The van der Waals surface area contributed by atoms with E-state index in [9.17, 15) is 4.79 Å². The van der Waals surface area contributed by atoms with Gasteiger partial charge in [-0.2, -0.15) is 5.10 Å². The first-order valence-electron chi connectivity index (χ1n) is 10.4. The largest absolute Gasteiger partial charge is 0.381 e. The molecule has 0 saturated carbocycles. The number of aryl methyl sites for hydroxylation is 1. The summed E-state index contributed by atoms with van der Waals surface area (Å²) in [7, 11) is 1.84. The molecule has 3 aromatic heterocycles. The number of amides is 1. The number of fused-ring (bicyclic) bond motifs is 1. The molecule has 2 fully saturated rings. The first-order chi connectivity index (χ1) is 14.7. The Morgan fingerprint density at radius 3 is 2.93 bits per heavy atom. The van der Waals surface area contributed by atoms with Gasteiger partial charge in [-0.3, -0.25) is 14.5 Å². The van der Waals surface area contributed by atoms with Crippen molar-refractivity contribution in [3.63, 3.8) is 0 Å². The van der Waals surface area contributed by atoms with E-state index in [-0.39, 0.29) is 11.9 Å². The number of nitrogens with one attached hydrogen (secondary N) is 1. The number of carbonyl (C=O) groups excluding carboxylic acids is 1. The molecule has 0 radical (unpaired) electrons. The van der Waals surface area contributed by atoms with Crippen LogP contribution < -0.4 is 10.2 Å². The molecule has 1 amide bonds. The molecular weight excluding hydrogens is 382 g/mol. The molecule has 0 spiro atoms. The molecule has 0 bridgehead atoms. The van der Waals surface area contributed by atoms with Crippen molar-refractivity contribution in [2.75, 3.05) is 31.2 Å². The second-order valence-electron chi connectivity index (χ2n) is 7.97. The minimum absolute atomic E-state index is 0.0510. The predicted octanol–water partition coefficient (Wildman–Crippen LogP) is 1.66. The maximum atomic E-state index is 12.7. The van der Waals surface area contributed by atoms with Crippen molar-refractivity contribution in [1.29, 1.82) is 0 Å². The first-order valence-corrected chi connectivity index (χ1v) is 10.4. The van der Waals surface area contributed by atoms with Crippen LogP contribution in [0.25, 0.3) is 11.0 Å². The maximum absolute atomic E-state index is 12.7. The van der Waals surface area contributed by atoms with Gasteiger partial charge in [0.05, 0.1) is 17.3 Å². The molecule has 9 nitrogen and oxygen atoms in total. The number of aromatic nitrogens is 5. The van der Waals surface area contributed by atoms with Crippen LogP contribution in [0.4, 0.5) is 5.95 Å². The zero-order valence-corrected chi connectivity index (χ0v) is 17.0. The lowest BCUT2D eigenvalue weighted by molar-refractivity contribution is 0.0845. The Morgan fingerprint density at radius 1 is 1.20 bits per heavy atom. The van der Waals surface area contributed by atoms with E-state index in [1.165, 1.54) is 0 Å². The molecule has 0 aromatic carbocycles. The fraction of sp³-hybridized carbons (Fsp3) is 0.476. The molecule has 1 N–H and O–H groups in total. The van der Waals surface area contributed by atoms with Crippen molar-refractivity contribution in [1.82, 2.24) is 30.0 Å². The summed E-state index contributed by atoms with van der Waals surface area (Å²) in [6.07, 6.45) is 8.01. The Bertz CT molecular complexity index is 1060. The zero-order valence-electron chi connectivity index (χ0n) is 17.0. The van der Waals surface area contributed by atoms with Gasteiger partial charge < -0.3 is 15.0 Å². The number of hydrogen-bond acceptors (Lipinski definition) is 7. The summed E-state index contributed by atoms with van der Waals surface area (Å²) in [5.41, 5.74) is 3.25. The number of anilines is 1. The molecule has 30 heavy (non-hydrogen) atoms. The minimum atomic E-state index is -0.116. The van der Waals surface area contributed by atoms with E-state index in [4.69, 9.17) is 9.72 Å². The lowest BCUT2D eigenvalue weighted by atomic mass is 9.96. The van der Waals surface area contributed by atoms with Gasteiger partial charge in [0.15, 0.2) is 0 Å². The molecular formula is C21H25N7O2. The molecule has 2 aliphatic heterocycles. The van der Waals surface area contributed by atoms with E-state index < -0.39 is 0 Å². The number of rotatable bonds is 4. The Morgan fingerprint density at radius 2 is 2.07 bits per heavy atom. The lowest BCUT2D eigenvalue weighted by Crippen LogP contribution is -2.37. The molecule has 2 saturated heterocycles. The topological polar surface area (TPSA) is 98.1 Å². The summed E-state index contributed by atoms with van der Waals surface area (Å²) in [6, 6.07) is 3.89. The van der Waals surface area contributed by atoms with E-state index in [0.717, 1.165) is 61.7 Å². The third kappa shape index (κ3) is 3.72. The second kappa shape index (κ2) is 7.98. The Hall–Kier alpha value is -3.07. The number of nitrogens with zero attached hydrogens (tertiary/aromatic N) is 6. The van der Waals surface area contributed by atoms with Gasteiger partial charge in [-0.25, -0.2) is 9.97 Å². The van der Waals surface area contributed by atoms with Crippen LogP contribution in [0.1, 0.15) is 41.2 Å². The van der Waals surface area contributed by atoms with E-state index in [1.807, 2.05) is 25.4 Å². The van der Waals surface area contributed by atoms with E-state index in [2.05, 4.69) is 25.3 Å². The molecule has 3 aromatic rings. The second-order valence-corrected chi connectivity index (χ2v) is 7.97. The van der Waals surface area contributed by atoms with Crippen LogP contribution in [-0.2, 0) is 11.8 Å². The number of carbonyl (C=O) groups is 1. The van der Waals surface area contributed by atoms with Gasteiger partial charge in [0.1, 0.15) is 5.52 Å². The van der Waals surface area contributed by atoms with Gasteiger partial charge in [0.2, 0.25) is 5.95 Å². The normalized spacial score (nSPS) is 20.0. The third-order valence-corrected chi connectivity index (χ3v) is 5.97. The van der Waals surface area contributed by atoms with Gasteiger partial charge in [0, 0.05) is 63.4 Å². The minimum Gasteiger partial charge on any atom is -0.381 e. The van der Waals surface area contributed by atoms with Crippen molar-refractivity contribution in [3.05, 3.63) is 42.0 Å². The molecule has 0 aliphatic carbocycles. The molecule has 5 rings (SSSR count). The SMILES string of the molecule is Cn1ncc2ncc(C(=O)NC3CCN(c4nccc(C5CCOCC5)n4)C3)cc21. The van der Waals surface area contributed by atoms with Crippen molar-refractivity contribution >= 4 is 22.9 Å². The van der Waals surface area contributed by atoms with E-state index >= 15 is 0 Å². The van der Waals surface area contributed by atoms with Crippen LogP contribution in [0.5, 0.6) is 0 Å². The standard InChI is InChI=1S/C21H25N7O2/c1-27-19-10-15(11-23-18(19)12-24-27)20(29)25-16-3-7-28(13-16)21-22-6-2-17(26-21)14-4-8-30-9-5-14/h2,6,10-12,14,16H,3-5,7-9,13H2,1H3,(H,25,29). The Balaban J connectivity index is 1.24. The van der Waals surface area contributed by atoms with Gasteiger partial charge in [0.25, 0.3) is 5.91 Å². The van der Waals surface area contributed by atoms with Gasteiger partial charge in [-0.15, -0.1) is 0 Å². The lowest BCUT2D eigenvalue weighted by Gasteiger charge is -2.23. The molecule has 1 atom stereocenters. The van der Waals surface area contributed by atoms with E-state index in [0.29, 0.717) is 18.0 Å². The zero-order chi connectivity index (χ0) is 20.5. The quantitative estimate of drug-likeness (QED) is 0.702. The summed E-state index contributed by atoms with van der Waals surface area (Å²) in [4.78, 5) is 28.5. The molecule has 156 valence electrons. The summed E-state index contributed by atoms with van der Waals surface area (Å²) in [6.45, 7) is 3.11. The summed E-state index contributed by atoms with van der Waals surface area (Å²) >= 11 is 0. The summed E-state index contributed by atoms with van der Waals surface area (Å²) in [5, 5.41) is 7.31. The molecule has 1 unspecified atom stereocenters. The van der Waals surface area contributed by atoms with Crippen molar-refractivity contribution in [2.24, 2.45) is 7.05 Å². The number of pyridine rings is 1. The highest BCUT2D eigenvalue weighted by molar-refractivity contribution is 5.96. The van der Waals surface area contributed by atoms with Crippen molar-refractivity contribution in [3.8, 4) is 0 Å². The molecule has 5 heterocycles. The van der Waals surface area contributed by atoms with Crippen LogP contribution in [0.15, 0.2) is 30.7 Å². The van der Waals surface area contributed by atoms with Crippen molar-refractivity contribution < 1.29 is 9.53 Å². The van der Waals surface area contributed by atoms with Crippen LogP contribution in [0.2, 0.25) is 0 Å². The predicted molar refractivity (Wildman–Crippen MR) is 111 cm³/mol. The van der Waals surface area contributed by atoms with Crippen LogP contribution in [0, 0.1) is 0 Å². The van der Waals surface area contributed by atoms with Crippen LogP contribution >= 0.6 is 0 Å². The van der Waals surface area contributed by atoms with Gasteiger partial charge in [-0.1, -0.05) is 0 Å². The van der Waals surface area contributed by atoms with Gasteiger partial charge >= 0.3 is 0 Å². The summed E-state index contributed by atoms with van der Waals surface area (Å²) < 4.78 is 7.18. The smallest absolute Gasteiger partial charge is 0.253 e. The average molecular weight is 407 g/mol. The van der Waals surface area contributed by atoms with Crippen molar-refractivity contribution in [2.45, 2.75) is 31.2 Å². The van der Waals surface area contributed by atoms with Gasteiger partial charge in [-0.05, 0) is 31.4 Å². The highest BCUT2D eigenvalue weighted by Gasteiger charge is 2.27. The highest BCUT2D eigenvalue weighted by atomic mass is 16.5. The number of hydrogen-bond donors (Lipinski definition) is 1. The number of ether oxygens (including phenoxy) is 1. The fourth-order valence-corrected chi connectivity index (χ4v) is 4.21. The van der Waals surface area contributed by atoms with Crippen LogP contribution in [0.3, 0.4) is 0 Å². The maximum Gasteiger partial charge on any atom is 0.253 e. The Labute approximate surface area is 174 Å². The fourth-order valence-electron chi connectivity index (χ4n) is 4.21. The molecule has 2 aliphatic rings. The highest BCUT2D eigenvalue weighted by Crippen LogP contribution is 2.27. The average Bonchev–Trinajstić information content (AvgIpc) is 3.41. The molecule has 9 heteroatoms. The third-order valence-electron chi connectivity index (χ3n) is 5.97. The van der Waals surface area contributed by atoms with Crippen LogP contribution in [-0.4, -0.2) is 63.0 Å². The first kappa shape index (κ1) is 18.9. The summed E-state index contributed by atoms with van der Waals surface area (Å²) in [5.74, 6) is 1.07.